The molecular formula is C12H20N2O4. The van der Waals surface area contributed by atoms with Crippen molar-refractivity contribution in [3.8, 4) is 0 Å². The third kappa shape index (κ3) is 2.58. The van der Waals surface area contributed by atoms with Crippen LogP contribution < -0.4 is 0 Å². The molecule has 0 radical (unpaired) electrons. The highest BCUT2D eigenvalue weighted by molar-refractivity contribution is 5.80. The van der Waals surface area contributed by atoms with Crippen LogP contribution in [0.4, 0.5) is 4.79 Å². The zero-order chi connectivity index (χ0) is 13.5. The molecule has 2 saturated heterocycles. The van der Waals surface area contributed by atoms with E-state index in [2.05, 4.69) is 0 Å². The van der Waals surface area contributed by atoms with E-state index in [9.17, 15) is 9.59 Å². The molecule has 1 N–H and O–H groups in total. The monoisotopic (exact) mass is 256 g/mol. The van der Waals surface area contributed by atoms with Crippen molar-refractivity contribution in [1.82, 2.24) is 9.80 Å². The van der Waals surface area contributed by atoms with Gasteiger partial charge < -0.3 is 19.6 Å². The van der Waals surface area contributed by atoms with Crippen LogP contribution in [0, 0.1) is 5.92 Å². The van der Waals surface area contributed by atoms with Gasteiger partial charge in [0.25, 0.3) is 0 Å². The van der Waals surface area contributed by atoms with E-state index in [4.69, 9.17) is 9.84 Å². The standard InChI is InChI=1S/C12H20N2O4/c1-8-4-14(7-12(2,3)18-8)11(17)13-5-9(6-13)10(15)16/h8-9H,4-7H2,1-3H3,(H,15,16). The van der Waals surface area contributed by atoms with Crippen molar-refractivity contribution in [3.05, 3.63) is 0 Å². The Kier molecular flexibility index (Phi) is 3.23. The lowest BCUT2D eigenvalue weighted by Crippen LogP contribution is -2.62. The van der Waals surface area contributed by atoms with Crippen LogP contribution >= 0.6 is 0 Å². The maximum absolute atomic E-state index is 12.2. The highest BCUT2D eigenvalue weighted by Crippen LogP contribution is 2.24. The van der Waals surface area contributed by atoms with Gasteiger partial charge in [-0.15, -0.1) is 0 Å². The van der Waals surface area contributed by atoms with Crippen molar-refractivity contribution in [2.45, 2.75) is 32.5 Å². The first kappa shape index (κ1) is 13.1. The molecule has 2 aliphatic rings. The number of carbonyl (C=O) groups is 2. The number of aliphatic carboxylic acids is 1. The van der Waals surface area contributed by atoms with Gasteiger partial charge in [-0.05, 0) is 20.8 Å². The van der Waals surface area contributed by atoms with Crippen LogP contribution in [-0.4, -0.2) is 64.8 Å². The summed E-state index contributed by atoms with van der Waals surface area (Å²) in [6, 6.07) is -0.0734. The molecule has 2 heterocycles. The fourth-order valence-electron chi connectivity index (χ4n) is 2.59. The molecule has 18 heavy (non-hydrogen) atoms. The number of carboxylic acids is 1. The molecule has 2 rings (SSSR count). The first-order valence-corrected chi connectivity index (χ1v) is 6.23. The van der Waals surface area contributed by atoms with Gasteiger partial charge >= 0.3 is 12.0 Å². The Morgan fingerprint density at radius 3 is 2.33 bits per heavy atom. The molecule has 2 fully saturated rings. The van der Waals surface area contributed by atoms with E-state index in [0.717, 1.165) is 0 Å². The molecule has 102 valence electrons. The van der Waals surface area contributed by atoms with Gasteiger partial charge in [-0.3, -0.25) is 4.79 Å². The molecule has 0 saturated carbocycles. The van der Waals surface area contributed by atoms with E-state index in [1.54, 1.807) is 9.80 Å². The molecule has 0 aromatic rings. The average Bonchev–Trinajstić information content (AvgIpc) is 2.10. The smallest absolute Gasteiger partial charge is 0.320 e. The molecule has 0 spiro atoms. The zero-order valence-electron chi connectivity index (χ0n) is 11.0. The number of amides is 2. The normalized spacial score (nSPS) is 27.8. The molecular weight excluding hydrogens is 236 g/mol. The second kappa shape index (κ2) is 4.42. The van der Waals surface area contributed by atoms with E-state index in [0.29, 0.717) is 26.2 Å². The Hall–Kier alpha value is -1.30. The molecule has 2 aliphatic heterocycles. The van der Waals surface area contributed by atoms with Crippen LogP contribution in [-0.2, 0) is 9.53 Å². The number of carbonyl (C=O) groups excluding carboxylic acids is 1. The van der Waals surface area contributed by atoms with Crippen molar-refractivity contribution < 1.29 is 19.4 Å². The minimum Gasteiger partial charge on any atom is -0.481 e. The summed E-state index contributed by atoms with van der Waals surface area (Å²) in [6.07, 6.45) is 0.00856. The van der Waals surface area contributed by atoms with Crippen LogP contribution in [0.15, 0.2) is 0 Å². The molecule has 6 heteroatoms. The summed E-state index contributed by atoms with van der Waals surface area (Å²) in [5.41, 5.74) is -0.343. The minimum absolute atomic E-state index is 0.00856. The van der Waals surface area contributed by atoms with Gasteiger partial charge in [0.1, 0.15) is 0 Å². The Morgan fingerprint density at radius 1 is 1.22 bits per heavy atom. The number of carboxylic acid groups (broad SMARTS) is 1. The SMILES string of the molecule is CC1CN(C(=O)N2CC(C(=O)O)C2)CC(C)(C)O1. The second-order valence-electron chi connectivity index (χ2n) is 5.79. The summed E-state index contributed by atoms with van der Waals surface area (Å²) in [4.78, 5) is 26.2. The van der Waals surface area contributed by atoms with Crippen molar-refractivity contribution in [2.75, 3.05) is 26.2 Å². The predicted molar refractivity (Wildman–Crippen MR) is 64.3 cm³/mol. The van der Waals surface area contributed by atoms with E-state index >= 15 is 0 Å². The van der Waals surface area contributed by atoms with Gasteiger partial charge in [-0.25, -0.2) is 4.79 Å². The number of nitrogens with zero attached hydrogens (tertiary/aromatic N) is 2. The lowest BCUT2D eigenvalue weighted by atomic mass is 10.0. The summed E-state index contributed by atoms with van der Waals surface area (Å²) in [5, 5.41) is 8.80. The first-order chi connectivity index (χ1) is 8.28. The van der Waals surface area contributed by atoms with Crippen LogP contribution in [0.1, 0.15) is 20.8 Å². The van der Waals surface area contributed by atoms with Gasteiger partial charge in [0.05, 0.1) is 24.2 Å². The van der Waals surface area contributed by atoms with Crippen LogP contribution in [0.3, 0.4) is 0 Å². The van der Waals surface area contributed by atoms with Gasteiger partial charge in [0, 0.05) is 19.6 Å². The maximum Gasteiger partial charge on any atom is 0.320 e. The third-order valence-corrected chi connectivity index (χ3v) is 3.34. The van der Waals surface area contributed by atoms with Gasteiger partial charge in [-0.1, -0.05) is 0 Å². The summed E-state index contributed by atoms with van der Waals surface area (Å²) in [7, 11) is 0. The lowest BCUT2D eigenvalue weighted by molar-refractivity contribution is -0.147. The number of rotatable bonds is 1. The molecule has 0 aromatic heterocycles. The Labute approximate surface area is 106 Å². The fourth-order valence-corrected chi connectivity index (χ4v) is 2.59. The summed E-state index contributed by atoms with van der Waals surface area (Å²) >= 11 is 0. The molecule has 0 bridgehead atoms. The highest BCUT2D eigenvalue weighted by Gasteiger charge is 2.41. The van der Waals surface area contributed by atoms with Crippen LogP contribution in [0.2, 0.25) is 0 Å². The Morgan fingerprint density at radius 2 is 1.83 bits per heavy atom. The van der Waals surface area contributed by atoms with Crippen LogP contribution in [0.25, 0.3) is 0 Å². The molecule has 2 amide bonds. The van der Waals surface area contributed by atoms with Gasteiger partial charge in [0.15, 0.2) is 0 Å². The van der Waals surface area contributed by atoms with E-state index < -0.39 is 11.9 Å². The van der Waals surface area contributed by atoms with Crippen molar-refractivity contribution >= 4 is 12.0 Å². The number of morpholine rings is 1. The number of hydrogen-bond donors (Lipinski definition) is 1. The predicted octanol–water partition coefficient (Wildman–Crippen LogP) is 0.622. The molecule has 0 aliphatic carbocycles. The first-order valence-electron chi connectivity index (χ1n) is 6.23. The number of likely N-dealkylation sites (tertiary alicyclic amines) is 1. The number of hydrogen-bond acceptors (Lipinski definition) is 3. The largest absolute Gasteiger partial charge is 0.481 e. The summed E-state index contributed by atoms with van der Waals surface area (Å²) in [5.74, 6) is -1.23. The molecule has 6 nitrogen and oxygen atoms in total. The van der Waals surface area contributed by atoms with Crippen molar-refractivity contribution in [2.24, 2.45) is 5.92 Å². The average molecular weight is 256 g/mol. The molecule has 0 aromatic carbocycles. The third-order valence-electron chi connectivity index (χ3n) is 3.34. The van der Waals surface area contributed by atoms with Crippen LogP contribution in [0.5, 0.6) is 0 Å². The lowest BCUT2D eigenvalue weighted by Gasteiger charge is -2.46. The topological polar surface area (TPSA) is 70.1 Å². The summed E-state index contributed by atoms with van der Waals surface area (Å²) in [6.45, 7) is 7.61. The van der Waals surface area contributed by atoms with E-state index in [1.807, 2.05) is 20.8 Å². The van der Waals surface area contributed by atoms with Gasteiger partial charge in [0.2, 0.25) is 0 Å². The summed E-state index contributed by atoms with van der Waals surface area (Å²) < 4.78 is 5.74. The van der Waals surface area contributed by atoms with Crippen molar-refractivity contribution in [3.63, 3.8) is 0 Å². The quantitative estimate of drug-likeness (QED) is 0.746. The Bertz CT molecular complexity index is 363. The minimum atomic E-state index is -0.824. The van der Waals surface area contributed by atoms with E-state index in [1.165, 1.54) is 0 Å². The number of ether oxygens (including phenoxy) is 1. The maximum atomic E-state index is 12.2. The Balaban J connectivity index is 1.92. The molecule has 1 atom stereocenters. The second-order valence-corrected chi connectivity index (χ2v) is 5.79. The van der Waals surface area contributed by atoms with E-state index in [-0.39, 0.29) is 17.7 Å². The van der Waals surface area contributed by atoms with Gasteiger partial charge in [-0.2, -0.15) is 0 Å². The van der Waals surface area contributed by atoms with Crippen molar-refractivity contribution in [1.29, 1.82) is 0 Å². The highest BCUT2D eigenvalue weighted by atomic mass is 16.5. The zero-order valence-corrected chi connectivity index (χ0v) is 11.0. The number of urea groups is 1. The fraction of sp³-hybridized carbons (Fsp3) is 0.833. The molecule has 1 unspecified atom stereocenters.